The predicted molar refractivity (Wildman–Crippen MR) is 102 cm³/mol. The van der Waals surface area contributed by atoms with E-state index in [1.54, 1.807) is 31.3 Å². The van der Waals surface area contributed by atoms with Crippen LogP contribution in [-0.2, 0) is 4.84 Å². The molecule has 2 aromatic heterocycles. The maximum absolute atomic E-state index is 14.3. The van der Waals surface area contributed by atoms with Crippen LogP contribution >= 0.6 is 22.6 Å². The number of carbonyl (C=O) groups excluding carboxylic acids is 1. The molecular weight excluding hydrogens is 456 g/mol. The summed E-state index contributed by atoms with van der Waals surface area (Å²) < 4.78 is 20.6. The Morgan fingerprint density at radius 1 is 1.42 bits per heavy atom. The fourth-order valence-corrected chi connectivity index (χ4v) is 2.87. The number of rotatable bonds is 6. The number of aryl methyl sites for hydroxylation is 1. The monoisotopic (exact) mass is 471 g/mol. The fourth-order valence-electron chi connectivity index (χ4n) is 2.42. The number of anilines is 2. The number of aliphatic hydroxyl groups is 1. The topological polar surface area (TPSA) is 96.6 Å². The lowest BCUT2D eigenvalue weighted by molar-refractivity contribution is 0.0152. The Balaban J connectivity index is 2.05. The summed E-state index contributed by atoms with van der Waals surface area (Å²) in [7, 11) is 0. The maximum Gasteiger partial charge on any atom is 0.312 e. The van der Waals surface area contributed by atoms with E-state index in [9.17, 15) is 9.18 Å². The molecule has 0 bridgehead atoms. The second-order valence-corrected chi connectivity index (χ2v) is 6.57. The first-order chi connectivity index (χ1) is 12.5. The van der Waals surface area contributed by atoms with E-state index < -0.39 is 11.7 Å². The number of nitrogens with one attached hydrogen (secondary N) is 2. The zero-order chi connectivity index (χ0) is 18.7. The van der Waals surface area contributed by atoms with Gasteiger partial charge in [-0.05, 0) is 53.8 Å². The first-order valence-corrected chi connectivity index (χ1v) is 8.72. The SMILES string of the molecule is Cc1nccc2oc(C(=O)NOCCO)c(Nc3ccc(I)cc3F)c12. The molecule has 1 amide bonds. The normalized spacial score (nSPS) is 10.9. The molecule has 0 atom stereocenters. The maximum atomic E-state index is 14.3. The molecular formula is C17H15FIN3O4. The number of hydroxylamine groups is 1. The lowest BCUT2D eigenvalue weighted by Gasteiger charge is -2.09. The zero-order valence-corrected chi connectivity index (χ0v) is 15.8. The van der Waals surface area contributed by atoms with E-state index in [1.807, 2.05) is 22.6 Å². The summed E-state index contributed by atoms with van der Waals surface area (Å²) in [6.45, 7) is 1.45. The number of benzene rings is 1. The van der Waals surface area contributed by atoms with Gasteiger partial charge in [-0.1, -0.05) is 0 Å². The minimum Gasteiger partial charge on any atom is -0.448 e. The van der Waals surface area contributed by atoms with E-state index >= 15 is 0 Å². The van der Waals surface area contributed by atoms with Crippen LogP contribution in [0.4, 0.5) is 15.8 Å². The minimum atomic E-state index is -0.664. The summed E-state index contributed by atoms with van der Waals surface area (Å²) in [6, 6.07) is 6.30. The summed E-state index contributed by atoms with van der Waals surface area (Å²) in [5.74, 6) is -1.20. The van der Waals surface area contributed by atoms with Gasteiger partial charge in [0.1, 0.15) is 17.1 Å². The first-order valence-electron chi connectivity index (χ1n) is 7.64. The standard InChI is InChI=1S/C17H15FIN3O4/c1-9-14-13(4-5-20-9)26-16(17(24)22-25-7-6-23)15(14)21-12-3-2-10(19)8-11(12)18/h2-5,8,21,23H,6-7H2,1H3,(H,22,24). The average Bonchev–Trinajstić information content (AvgIpc) is 2.97. The van der Waals surface area contributed by atoms with E-state index in [1.165, 1.54) is 6.07 Å². The van der Waals surface area contributed by atoms with Crippen molar-refractivity contribution >= 4 is 50.8 Å². The number of aromatic nitrogens is 1. The Kier molecular flexibility index (Phi) is 5.69. The molecule has 0 unspecified atom stereocenters. The van der Waals surface area contributed by atoms with Crippen LogP contribution in [-0.4, -0.2) is 29.2 Å². The van der Waals surface area contributed by atoms with E-state index in [4.69, 9.17) is 14.4 Å². The quantitative estimate of drug-likeness (QED) is 0.290. The molecule has 2 heterocycles. The third-order valence-electron chi connectivity index (χ3n) is 3.55. The molecule has 0 spiro atoms. The molecule has 7 nitrogen and oxygen atoms in total. The van der Waals surface area contributed by atoms with Crippen molar-refractivity contribution in [2.45, 2.75) is 6.92 Å². The van der Waals surface area contributed by atoms with Crippen molar-refractivity contribution in [3.05, 3.63) is 51.3 Å². The Morgan fingerprint density at radius 3 is 2.96 bits per heavy atom. The molecule has 3 N–H and O–H groups in total. The summed E-state index contributed by atoms with van der Waals surface area (Å²) in [5.41, 5.74) is 3.72. The van der Waals surface area contributed by atoms with Crippen LogP contribution in [0.15, 0.2) is 34.9 Å². The molecule has 0 aliphatic heterocycles. The van der Waals surface area contributed by atoms with Crippen LogP contribution in [0.1, 0.15) is 16.2 Å². The number of amides is 1. The van der Waals surface area contributed by atoms with Gasteiger partial charge in [0.15, 0.2) is 0 Å². The van der Waals surface area contributed by atoms with Crippen molar-refractivity contribution < 1.29 is 23.5 Å². The largest absolute Gasteiger partial charge is 0.448 e. The predicted octanol–water partition coefficient (Wildman–Crippen LogP) is 3.28. The number of carbonyl (C=O) groups is 1. The highest BCUT2D eigenvalue weighted by Crippen LogP contribution is 2.35. The molecule has 0 aliphatic carbocycles. The van der Waals surface area contributed by atoms with Crippen LogP contribution in [0.2, 0.25) is 0 Å². The van der Waals surface area contributed by atoms with Crippen molar-refractivity contribution in [3.63, 3.8) is 0 Å². The molecule has 0 aliphatic rings. The first kappa shape index (κ1) is 18.5. The molecule has 1 aromatic carbocycles. The highest BCUT2D eigenvalue weighted by molar-refractivity contribution is 14.1. The van der Waals surface area contributed by atoms with Crippen LogP contribution in [0.25, 0.3) is 11.0 Å². The van der Waals surface area contributed by atoms with Gasteiger partial charge >= 0.3 is 5.91 Å². The zero-order valence-electron chi connectivity index (χ0n) is 13.7. The lowest BCUT2D eigenvalue weighted by atomic mass is 10.2. The minimum absolute atomic E-state index is 0.0684. The average molecular weight is 471 g/mol. The van der Waals surface area contributed by atoms with Crippen molar-refractivity contribution in [3.8, 4) is 0 Å². The van der Waals surface area contributed by atoms with Gasteiger partial charge in [-0.2, -0.15) is 0 Å². The van der Waals surface area contributed by atoms with Gasteiger partial charge in [-0.25, -0.2) is 9.87 Å². The Morgan fingerprint density at radius 2 is 2.23 bits per heavy atom. The highest BCUT2D eigenvalue weighted by atomic mass is 127. The molecule has 26 heavy (non-hydrogen) atoms. The highest BCUT2D eigenvalue weighted by Gasteiger charge is 2.23. The second kappa shape index (κ2) is 7.98. The van der Waals surface area contributed by atoms with E-state index in [0.717, 1.165) is 3.57 Å². The summed E-state index contributed by atoms with van der Waals surface area (Å²) in [4.78, 5) is 21.4. The second-order valence-electron chi connectivity index (χ2n) is 5.33. The van der Waals surface area contributed by atoms with E-state index in [2.05, 4.69) is 15.8 Å². The molecule has 0 radical (unpaired) electrons. The number of pyridine rings is 1. The molecule has 0 fully saturated rings. The number of furan rings is 1. The third-order valence-corrected chi connectivity index (χ3v) is 4.22. The van der Waals surface area contributed by atoms with Crippen molar-refractivity contribution in [1.29, 1.82) is 0 Å². The molecule has 0 saturated heterocycles. The van der Waals surface area contributed by atoms with E-state index in [0.29, 0.717) is 16.7 Å². The molecule has 9 heteroatoms. The number of fused-ring (bicyclic) bond motifs is 1. The van der Waals surface area contributed by atoms with Gasteiger partial charge in [-0.3, -0.25) is 14.6 Å². The van der Waals surface area contributed by atoms with Gasteiger partial charge in [0.25, 0.3) is 0 Å². The van der Waals surface area contributed by atoms with Gasteiger partial charge in [0.2, 0.25) is 5.76 Å². The number of aliphatic hydroxyl groups excluding tert-OH is 1. The molecule has 0 saturated carbocycles. The number of hydrogen-bond donors (Lipinski definition) is 3. The van der Waals surface area contributed by atoms with Crippen LogP contribution < -0.4 is 10.8 Å². The number of hydrogen-bond acceptors (Lipinski definition) is 6. The Bertz CT molecular complexity index is 961. The summed E-state index contributed by atoms with van der Waals surface area (Å²) in [5, 5.41) is 12.2. The van der Waals surface area contributed by atoms with Crippen molar-refractivity contribution in [2.75, 3.05) is 18.5 Å². The van der Waals surface area contributed by atoms with Gasteiger partial charge < -0.3 is 14.8 Å². The van der Waals surface area contributed by atoms with Crippen LogP contribution in [0, 0.1) is 16.3 Å². The van der Waals surface area contributed by atoms with E-state index in [-0.39, 0.29) is 30.3 Å². The Labute approximate surface area is 161 Å². The smallest absolute Gasteiger partial charge is 0.312 e. The Hall–Kier alpha value is -2.24. The fraction of sp³-hybridized carbons (Fsp3) is 0.176. The lowest BCUT2D eigenvalue weighted by Crippen LogP contribution is -2.25. The molecule has 3 aromatic rings. The van der Waals surface area contributed by atoms with Crippen LogP contribution in [0.3, 0.4) is 0 Å². The molecule has 3 rings (SSSR count). The van der Waals surface area contributed by atoms with Gasteiger partial charge in [0.05, 0.1) is 30.0 Å². The van der Waals surface area contributed by atoms with Gasteiger partial charge in [0, 0.05) is 9.77 Å². The van der Waals surface area contributed by atoms with Crippen molar-refractivity contribution in [2.24, 2.45) is 0 Å². The van der Waals surface area contributed by atoms with Gasteiger partial charge in [-0.15, -0.1) is 0 Å². The number of halogens is 2. The third kappa shape index (κ3) is 3.79. The summed E-state index contributed by atoms with van der Waals surface area (Å²) >= 11 is 2.01. The summed E-state index contributed by atoms with van der Waals surface area (Å²) in [6.07, 6.45) is 1.56. The van der Waals surface area contributed by atoms with Crippen LogP contribution in [0.5, 0.6) is 0 Å². The number of nitrogens with zero attached hydrogens (tertiary/aromatic N) is 1. The van der Waals surface area contributed by atoms with Crippen molar-refractivity contribution in [1.82, 2.24) is 10.5 Å². The molecule has 136 valence electrons.